The Kier molecular flexibility index (Phi) is 0.853. The molecule has 100 valence electrons. The van der Waals surface area contributed by atoms with Crippen LogP contribution in [0.5, 0.6) is 0 Å². The van der Waals surface area contributed by atoms with Gasteiger partial charge in [0.25, 0.3) is 0 Å². The van der Waals surface area contributed by atoms with Gasteiger partial charge in [-0.05, 0) is 77.9 Å². The molecule has 2 nitrogen and oxygen atoms in total. The largest absolute Gasteiger partial charge is 0.460 e. The molecule has 0 bridgehead atoms. The van der Waals surface area contributed by atoms with Gasteiger partial charge in [-0.3, -0.25) is 4.79 Å². The van der Waals surface area contributed by atoms with Gasteiger partial charge in [0, 0.05) is 0 Å². The van der Waals surface area contributed by atoms with Crippen molar-refractivity contribution < 1.29 is 9.53 Å². The van der Waals surface area contributed by atoms with Crippen molar-refractivity contribution in [2.75, 3.05) is 0 Å². The normalized spacial score (nSPS) is 79.8. The third kappa shape index (κ3) is 0.440. The maximum absolute atomic E-state index is 12.3. The summed E-state index contributed by atoms with van der Waals surface area (Å²) in [6, 6.07) is 0. The zero-order valence-electron chi connectivity index (χ0n) is 12.0. The Hall–Kier alpha value is -0.530. The molecule has 0 heterocycles. The van der Waals surface area contributed by atoms with Crippen LogP contribution in [0, 0.1) is 57.2 Å². The molecule has 7 rings (SSSR count). The molecule has 0 aromatic rings. The standard InChI is InChI=1S/C17H20O2/c1-13(2,3)19-6(18)5-15-9-7-14(4)8-10(15)17(8)11(14)16(7,9)12(15)17/h7-12H,5H2,1-4H3. The molecule has 7 fully saturated rings. The summed E-state index contributed by atoms with van der Waals surface area (Å²) in [5, 5.41) is 0. The molecule has 0 amide bonds. The van der Waals surface area contributed by atoms with Gasteiger partial charge in [-0.15, -0.1) is 0 Å². The smallest absolute Gasteiger partial charge is 0.306 e. The first-order valence-electron chi connectivity index (χ1n) is 8.03. The van der Waals surface area contributed by atoms with Crippen LogP contribution in [0.15, 0.2) is 0 Å². The molecule has 7 aliphatic carbocycles. The van der Waals surface area contributed by atoms with E-state index in [0.717, 1.165) is 58.2 Å². The van der Waals surface area contributed by atoms with E-state index in [1.165, 1.54) is 0 Å². The van der Waals surface area contributed by atoms with Crippen LogP contribution in [-0.4, -0.2) is 11.6 Å². The monoisotopic (exact) mass is 256 g/mol. The van der Waals surface area contributed by atoms with Crippen molar-refractivity contribution >= 4 is 5.97 Å². The zero-order valence-corrected chi connectivity index (χ0v) is 12.0. The van der Waals surface area contributed by atoms with Gasteiger partial charge in [0.2, 0.25) is 0 Å². The van der Waals surface area contributed by atoms with Crippen molar-refractivity contribution in [1.29, 1.82) is 0 Å². The Morgan fingerprint density at radius 3 is 2.16 bits per heavy atom. The lowest BCUT2D eigenvalue weighted by Gasteiger charge is -2.87. The van der Waals surface area contributed by atoms with Gasteiger partial charge in [-0.2, -0.15) is 0 Å². The fourth-order valence-electron chi connectivity index (χ4n) is 10.4. The number of carbonyl (C=O) groups is 1. The van der Waals surface area contributed by atoms with Gasteiger partial charge in [0.1, 0.15) is 5.60 Å². The Balaban J connectivity index is 1.25. The summed E-state index contributed by atoms with van der Waals surface area (Å²) >= 11 is 0. The van der Waals surface area contributed by atoms with Crippen molar-refractivity contribution in [3.63, 3.8) is 0 Å². The van der Waals surface area contributed by atoms with Gasteiger partial charge >= 0.3 is 5.97 Å². The minimum atomic E-state index is -0.317. The van der Waals surface area contributed by atoms with Crippen LogP contribution in [0.3, 0.4) is 0 Å². The molecule has 0 radical (unpaired) electrons. The predicted octanol–water partition coefficient (Wildman–Crippen LogP) is 2.48. The molecule has 7 aliphatic rings. The van der Waals surface area contributed by atoms with Gasteiger partial charge < -0.3 is 4.74 Å². The second kappa shape index (κ2) is 1.72. The Bertz CT molecular complexity index is 610. The number of fused-ring (bicyclic) bond motifs is 6. The molecule has 6 unspecified atom stereocenters. The third-order valence-corrected chi connectivity index (χ3v) is 9.13. The highest BCUT2D eigenvalue weighted by Gasteiger charge is 3.29. The fraction of sp³-hybridized carbons (Fsp3) is 0.941. The van der Waals surface area contributed by atoms with Gasteiger partial charge in [-0.1, -0.05) is 6.92 Å². The summed E-state index contributed by atoms with van der Waals surface area (Å²) in [5.41, 5.74) is 2.55. The average Bonchev–Trinajstić information content (AvgIpc) is 3.04. The number of rotatable bonds is 2. The quantitative estimate of drug-likeness (QED) is 0.709. The summed E-state index contributed by atoms with van der Waals surface area (Å²) in [4.78, 5) is 12.3. The summed E-state index contributed by atoms with van der Waals surface area (Å²) < 4.78 is 5.61. The molecule has 0 aromatic carbocycles. The van der Waals surface area contributed by atoms with Crippen LogP contribution in [0.2, 0.25) is 0 Å². The number of esters is 1. The maximum atomic E-state index is 12.3. The fourth-order valence-corrected chi connectivity index (χ4v) is 10.4. The Morgan fingerprint density at radius 2 is 1.63 bits per heavy atom. The summed E-state index contributed by atoms with van der Waals surface area (Å²) in [7, 11) is 0. The summed E-state index contributed by atoms with van der Waals surface area (Å²) in [5.74, 6) is 6.20. The van der Waals surface area contributed by atoms with Crippen molar-refractivity contribution in [3.05, 3.63) is 0 Å². The molecule has 2 spiro atoms. The van der Waals surface area contributed by atoms with E-state index >= 15 is 0 Å². The molecular weight excluding hydrogens is 236 g/mol. The topological polar surface area (TPSA) is 26.3 Å². The lowest BCUT2D eigenvalue weighted by molar-refractivity contribution is -0.414. The maximum Gasteiger partial charge on any atom is 0.306 e. The van der Waals surface area contributed by atoms with Crippen molar-refractivity contribution in [2.24, 2.45) is 57.2 Å². The van der Waals surface area contributed by atoms with Crippen LogP contribution in [0.25, 0.3) is 0 Å². The van der Waals surface area contributed by atoms with E-state index in [9.17, 15) is 4.79 Å². The van der Waals surface area contributed by atoms with Crippen LogP contribution in [0.1, 0.15) is 34.1 Å². The molecule has 19 heavy (non-hydrogen) atoms. The number of hydrogen-bond donors (Lipinski definition) is 0. The minimum absolute atomic E-state index is 0.0833. The van der Waals surface area contributed by atoms with Crippen LogP contribution in [-0.2, 0) is 9.53 Å². The molecular formula is C17H20O2. The highest BCUT2D eigenvalue weighted by molar-refractivity contribution is 5.80. The first-order chi connectivity index (χ1) is 8.81. The first kappa shape index (κ1) is 9.41. The molecule has 2 heteroatoms. The van der Waals surface area contributed by atoms with E-state index < -0.39 is 0 Å². The van der Waals surface area contributed by atoms with Crippen molar-refractivity contribution in [2.45, 2.75) is 39.7 Å². The van der Waals surface area contributed by atoms with Crippen molar-refractivity contribution in [1.82, 2.24) is 0 Å². The van der Waals surface area contributed by atoms with Gasteiger partial charge in [-0.25, -0.2) is 0 Å². The molecule has 0 aromatic heterocycles. The Morgan fingerprint density at radius 1 is 1.05 bits per heavy atom. The van der Waals surface area contributed by atoms with Crippen molar-refractivity contribution in [3.8, 4) is 0 Å². The second-order valence-electron chi connectivity index (χ2n) is 10.0. The molecule has 0 aliphatic heterocycles. The van der Waals surface area contributed by atoms with Gasteiger partial charge in [0.05, 0.1) is 6.42 Å². The van der Waals surface area contributed by atoms with Crippen LogP contribution >= 0.6 is 0 Å². The van der Waals surface area contributed by atoms with Crippen LogP contribution < -0.4 is 0 Å². The molecule has 0 N–H and O–H groups in total. The van der Waals surface area contributed by atoms with E-state index in [-0.39, 0.29) is 11.6 Å². The summed E-state index contributed by atoms with van der Waals surface area (Å²) in [6.07, 6.45) is 0.754. The predicted molar refractivity (Wildman–Crippen MR) is 66.8 cm³/mol. The molecule has 7 saturated carbocycles. The van der Waals surface area contributed by atoms with E-state index in [1.807, 2.05) is 20.8 Å². The highest BCUT2D eigenvalue weighted by Crippen LogP contribution is 3.31. The SMILES string of the molecule is CC(C)(C)OC(=O)CC12C3C4C5(C)C6C1C61C5C43C21. The van der Waals surface area contributed by atoms with Gasteiger partial charge in [0.15, 0.2) is 0 Å². The second-order valence-corrected chi connectivity index (χ2v) is 10.0. The number of ether oxygens (including phenoxy) is 1. The third-order valence-electron chi connectivity index (χ3n) is 9.13. The average molecular weight is 256 g/mol. The van der Waals surface area contributed by atoms with E-state index in [4.69, 9.17) is 4.74 Å². The van der Waals surface area contributed by atoms with Crippen LogP contribution in [0.4, 0.5) is 0 Å². The van der Waals surface area contributed by atoms with E-state index in [2.05, 4.69) is 6.92 Å². The zero-order chi connectivity index (χ0) is 13.0. The Labute approximate surface area is 113 Å². The lowest BCUT2D eigenvalue weighted by atomic mass is 9.16. The number of hydrogen-bond acceptors (Lipinski definition) is 2. The first-order valence-corrected chi connectivity index (χ1v) is 8.03. The van der Waals surface area contributed by atoms with E-state index in [0.29, 0.717) is 5.41 Å². The van der Waals surface area contributed by atoms with E-state index in [1.54, 1.807) is 0 Å². The lowest BCUT2D eigenvalue weighted by Crippen LogP contribution is -2.85. The minimum Gasteiger partial charge on any atom is -0.460 e. The number of carbonyl (C=O) groups excluding carboxylic acids is 1. The summed E-state index contributed by atoms with van der Waals surface area (Å²) in [6.45, 7) is 8.53. The highest BCUT2D eigenvalue weighted by atomic mass is 16.6. The molecule has 6 atom stereocenters. The molecule has 0 saturated heterocycles.